The fourth-order valence-electron chi connectivity index (χ4n) is 1.19. The summed E-state index contributed by atoms with van der Waals surface area (Å²) in [7, 11) is 0. The molecule has 0 atom stereocenters. The van der Waals surface area contributed by atoms with E-state index < -0.39 is 0 Å². The van der Waals surface area contributed by atoms with Gasteiger partial charge in [0.2, 0.25) is 0 Å². The van der Waals surface area contributed by atoms with E-state index in [0.717, 1.165) is 11.6 Å². The molecule has 0 N–H and O–H groups in total. The van der Waals surface area contributed by atoms with Crippen LogP contribution in [-0.2, 0) is 0 Å². The van der Waals surface area contributed by atoms with E-state index in [1.54, 1.807) is 0 Å². The molecule has 0 bridgehead atoms. The Morgan fingerprint density at radius 2 is 2.00 bits per heavy atom. The maximum atomic E-state index is 5.73. The van der Waals surface area contributed by atoms with E-state index >= 15 is 0 Å². The van der Waals surface area contributed by atoms with Crippen LogP contribution in [0.25, 0.3) is 0 Å². The SMILES string of the molecule is Cl/C=C(/Cl)CN1CCCC1. The van der Waals surface area contributed by atoms with Gasteiger partial charge in [0.1, 0.15) is 0 Å². The Bertz CT molecular complexity index is 128. The minimum atomic E-state index is 0.739. The Labute approximate surface area is 71.6 Å². The van der Waals surface area contributed by atoms with E-state index in [1.165, 1.54) is 31.5 Å². The van der Waals surface area contributed by atoms with Crippen LogP contribution in [-0.4, -0.2) is 24.5 Å². The van der Waals surface area contributed by atoms with Gasteiger partial charge in [0.05, 0.1) is 0 Å². The molecule has 0 aliphatic carbocycles. The van der Waals surface area contributed by atoms with Gasteiger partial charge in [-0.15, -0.1) is 0 Å². The van der Waals surface area contributed by atoms with Crippen LogP contribution >= 0.6 is 23.2 Å². The Kier molecular flexibility index (Phi) is 3.53. The van der Waals surface area contributed by atoms with Crippen LogP contribution in [0, 0.1) is 0 Å². The number of rotatable bonds is 2. The quantitative estimate of drug-likeness (QED) is 0.630. The predicted molar refractivity (Wildman–Crippen MR) is 45.5 cm³/mol. The molecule has 0 unspecified atom stereocenters. The van der Waals surface area contributed by atoms with E-state index in [0.29, 0.717) is 0 Å². The van der Waals surface area contributed by atoms with Crippen molar-refractivity contribution in [2.45, 2.75) is 12.8 Å². The number of likely N-dealkylation sites (tertiary alicyclic amines) is 1. The van der Waals surface area contributed by atoms with Crippen molar-refractivity contribution in [1.29, 1.82) is 0 Å². The Morgan fingerprint density at radius 3 is 2.50 bits per heavy atom. The van der Waals surface area contributed by atoms with E-state index in [1.807, 2.05) is 0 Å². The molecule has 1 aliphatic heterocycles. The fourth-order valence-corrected chi connectivity index (χ4v) is 1.43. The van der Waals surface area contributed by atoms with Crippen molar-refractivity contribution in [1.82, 2.24) is 4.90 Å². The third-order valence-corrected chi connectivity index (χ3v) is 2.30. The highest BCUT2D eigenvalue weighted by molar-refractivity contribution is 6.36. The molecule has 0 aromatic heterocycles. The highest BCUT2D eigenvalue weighted by Crippen LogP contribution is 2.12. The number of nitrogens with zero attached hydrogens (tertiary/aromatic N) is 1. The van der Waals surface area contributed by atoms with Crippen LogP contribution < -0.4 is 0 Å². The second-order valence-electron chi connectivity index (χ2n) is 2.54. The van der Waals surface area contributed by atoms with Gasteiger partial charge in [0.15, 0.2) is 0 Å². The summed E-state index contributed by atoms with van der Waals surface area (Å²) in [6, 6.07) is 0. The average Bonchev–Trinajstić information content (AvgIpc) is 2.40. The third-order valence-electron chi connectivity index (χ3n) is 1.69. The van der Waals surface area contributed by atoms with Crippen LogP contribution in [0.1, 0.15) is 12.8 Å². The van der Waals surface area contributed by atoms with Gasteiger partial charge >= 0.3 is 0 Å². The zero-order chi connectivity index (χ0) is 7.40. The Hall–Kier alpha value is 0.280. The minimum Gasteiger partial charge on any atom is -0.298 e. The minimum absolute atomic E-state index is 0.739. The first-order chi connectivity index (χ1) is 4.83. The molecule has 0 spiro atoms. The van der Waals surface area contributed by atoms with Crippen molar-refractivity contribution in [3.8, 4) is 0 Å². The molecule has 3 heteroatoms. The van der Waals surface area contributed by atoms with Gasteiger partial charge < -0.3 is 0 Å². The van der Waals surface area contributed by atoms with Gasteiger partial charge in [0.25, 0.3) is 0 Å². The van der Waals surface area contributed by atoms with Crippen LogP contribution in [0.3, 0.4) is 0 Å². The lowest BCUT2D eigenvalue weighted by Crippen LogP contribution is -2.20. The lowest BCUT2D eigenvalue weighted by Gasteiger charge is -2.12. The molecule has 0 aromatic rings. The first kappa shape index (κ1) is 8.38. The molecule has 0 aromatic carbocycles. The largest absolute Gasteiger partial charge is 0.298 e. The summed E-state index contributed by atoms with van der Waals surface area (Å²) in [5.74, 6) is 0. The average molecular weight is 180 g/mol. The van der Waals surface area contributed by atoms with Crippen molar-refractivity contribution in [3.63, 3.8) is 0 Å². The van der Waals surface area contributed by atoms with E-state index in [4.69, 9.17) is 23.2 Å². The van der Waals surface area contributed by atoms with E-state index in [-0.39, 0.29) is 0 Å². The van der Waals surface area contributed by atoms with E-state index in [2.05, 4.69) is 4.90 Å². The van der Waals surface area contributed by atoms with Crippen molar-refractivity contribution < 1.29 is 0 Å². The molecule has 1 saturated heterocycles. The summed E-state index contributed by atoms with van der Waals surface area (Å²) in [6.07, 6.45) is 2.60. The van der Waals surface area contributed by atoms with Crippen molar-refractivity contribution in [2.24, 2.45) is 0 Å². The van der Waals surface area contributed by atoms with Crippen molar-refractivity contribution in [3.05, 3.63) is 10.6 Å². The van der Waals surface area contributed by atoms with Crippen LogP contribution in [0.15, 0.2) is 10.6 Å². The molecular weight excluding hydrogens is 169 g/mol. The second-order valence-corrected chi connectivity index (χ2v) is 3.24. The first-order valence-electron chi connectivity index (χ1n) is 3.50. The molecule has 58 valence electrons. The van der Waals surface area contributed by atoms with Gasteiger partial charge in [0, 0.05) is 17.1 Å². The summed E-state index contributed by atoms with van der Waals surface area (Å²) in [4.78, 5) is 2.31. The fraction of sp³-hybridized carbons (Fsp3) is 0.714. The third kappa shape index (κ3) is 2.49. The molecule has 1 nitrogen and oxygen atoms in total. The molecule has 1 heterocycles. The molecule has 1 fully saturated rings. The normalized spacial score (nSPS) is 22.0. The summed E-state index contributed by atoms with van der Waals surface area (Å²) in [5, 5.41) is 0.739. The van der Waals surface area contributed by atoms with Crippen molar-refractivity contribution in [2.75, 3.05) is 19.6 Å². The van der Waals surface area contributed by atoms with Gasteiger partial charge in [-0.3, -0.25) is 4.90 Å². The molecular formula is C7H11Cl2N. The molecule has 0 saturated carbocycles. The highest BCUT2D eigenvalue weighted by Gasteiger charge is 2.11. The Balaban J connectivity index is 2.24. The smallest absolute Gasteiger partial charge is 0.0434 e. The predicted octanol–water partition coefficient (Wildman–Crippen LogP) is 2.40. The lowest BCUT2D eigenvalue weighted by molar-refractivity contribution is 0.374. The summed E-state index contributed by atoms with van der Waals surface area (Å²) in [6.45, 7) is 3.16. The van der Waals surface area contributed by atoms with Crippen LogP contribution in [0.4, 0.5) is 0 Å². The van der Waals surface area contributed by atoms with Crippen LogP contribution in [0.2, 0.25) is 0 Å². The Morgan fingerprint density at radius 1 is 1.40 bits per heavy atom. The molecule has 1 rings (SSSR count). The van der Waals surface area contributed by atoms with Crippen molar-refractivity contribution >= 4 is 23.2 Å². The highest BCUT2D eigenvalue weighted by atomic mass is 35.5. The van der Waals surface area contributed by atoms with Gasteiger partial charge in [-0.2, -0.15) is 0 Å². The maximum absolute atomic E-state index is 5.73. The molecule has 0 amide bonds. The topological polar surface area (TPSA) is 3.24 Å². The van der Waals surface area contributed by atoms with Crippen LogP contribution in [0.5, 0.6) is 0 Å². The van der Waals surface area contributed by atoms with Gasteiger partial charge in [-0.05, 0) is 25.9 Å². The standard InChI is InChI=1S/C7H11Cl2N/c8-5-7(9)6-10-3-1-2-4-10/h5H,1-4,6H2/b7-5+. The molecule has 0 radical (unpaired) electrons. The molecule has 1 aliphatic rings. The second kappa shape index (κ2) is 4.22. The first-order valence-corrected chi connectivity index (χ1v) is 4.31. The maximum Gasteiger partial charge on any atom is 0.0434 e. The van der Waals surface area contributed by atoms with Gasteiger partial charge in [-0.25, -0.2) is 0 Å². The molecule has 10 heavy (non-hydrogen) atoms. The zero-order valence-corrected chi connectivity index (χ0v) is 7.33. The van der Waals surface area contributed by atoms with Gasteiger partial charge in [-0.1, -0.05) is 23.2 Å². The summed E-state index contributed by atoms with van der Waals surface area (Å²) >= 11 is 11.1. The number of hydrogen-bond acceptors (Lipinski definition) is 1. The monoisotopic (exact) mass is 179 g/mol. The zero-order valence-electron chi connectivity index (χ0n) is 5.82. The number of hydrogen-bond donors (Lipinski definition) is 0. The lowest BCUT2D eigenvalue weighted by atomic mass is 10.4. The number of halogens is 2. The summed E-state index contributed by atoms with van der Waals surface area (Å²) in [5.41, 5.74) is 1.44. The van der Waals surface area contributed by atoms with E-state index in [9.17, 15) is 0 Å². The summed E-state index contributed by atoms with van der Waals surface area (Å²) < 4.78 is 0.